The first-order valence-electron chi connectivity index (χ1n) is 7.74. The molecular formula is C15H28N2O4. The topological polar surface area (TPSA) is 78.9 Å². The van der Waals surface area contributed by atoms with E-state index >= 15 is 0 Å². The minimum absolute atomic E-state index is 0.0213. The van der Waals surface area contributed by atoms with Gasteiger partial charge in [0.25, 0.3) is 0 Å². The second-order valence-electron chi connectivity index (χ2n) is 5.82. The SMILES string of the molecule is CCC(CNC(=O)N(CCOC)C(C)C1CC1)CC(=O)O. The molecule has 0 aliphatic heterocycles. The van der Waals surface area contributed by atoms with Crippen molar-refractivity contribution in [2.45, 2.75) is 45.6 Å². The minimum Gasteiger partial charge on any atom is -0.481 e. The monoisotopic (exact) mass is 300 g/mol. The van der Waals surface area contributed by atoms with E-state index in [2.05, 4.69) is 12.2 Å². The van der Waals surface area contributed by atoms with Crippen molar-refractivity contribution in [3.63, 3.8) is 0 Å². The summed E-state index contributed by atoms with van der Waals surface area (Å²) >= 11 is 0. The van der Waals surface area contributed by atoms with Gasteiger partial charge in [-0.25, -0.2) is 4.79 Å². The molecule has 2 atom stereocenters. The van der Waals surface area contributed by atoms with Gasteiger partial charge in [0, 0.05) is 32.7 Å². The summed E-state index contributed by atoms with van der Waals surface area (Å²) in [6.07, 6.45) is 3.18. The zero-order valence-electron chi connectivity index (χ0n) is 13.3. The molecule has 0 radical (unpaired) electrons. The van der Waals surface area contributed by atoms with E-state index in [1.165, 1.54) is 12.8 Å². The summed E-state index contributed by atoms with van der Waals surface area (Å²) in [4.78, 5) is 24.9. The highest BCUT2D eigenvalue weighted by Crippen LogP contribution is 2.35. The number of methoxy groups -OCH3 is 1. The summed E-state index contributed by atoms with van der Waals surface area (Å²) in [5, 5.41) is 11.7. The first-order chi connectivity index (χ1) is 9.99. The van der Waals surface area contributed by atoms with Gasteiger partial charge >= 0.3 is 12.0 Å². The van der Waals surface area contributed by atoms with Crippen LogP contribution in [-0.2, 0) is 9.53 Å². The fourth-order valence-electron chi connectivity index (χ4n) is 2.45. The predicted molar refractivity (Wildman–Crippen MR) is 80.2 cm³/mol. The van der Waals surface area contributed by atoms with Gasteiger partial charge in [-0.3, -0.25) is 4.79 Å². The van der Waals surface area contributed by atoms with Crippen molar-refractivity contribution in [3.05, 3.63) is 0 Å². The molecule has 0 heterocycles. The third-order valence-electron chi connectivity index (χ3n) is 4.18. The van der Waals surface area contributed by atoms with Crippen LogP contribution < -0.4 is 5.32 Å². The number of carboxylic acid groups (broad SMARTS) is 1. The molecule has 0 aromatic heterocycles. The molecule has 1 aliphatic rings. The molecule has 1 saturated carbocycles. The molecule has 1 fully saturated rings. The maximum atomic E-state index is 12.3. The lowest BCUT2D eigenvalue weighted by atomic mass is 10.0. The maximum absolute atomic E-state index is 12.3. The van der Waals surface area contributed by atoms with Gasteiger partial charge in [-0.15, -0.1) is 0 Å². The Morgan fingerprint density at radius 1 is 1.43 bits per heavy atom. The van der Waals surface area contributed by atoms with Crippen LogP contribution in [0, 0.1) is 11.8 Å². The van der Waals surface area contributed by atoms with Crippen LogP contribution in [-0.4, -0.2) is 54.9 Å². The molecule has 0 saturated heterocycles. The summed E-state index contributed by atoms with van der Waals surface area (Å²) in [7, 11) is 1.62. The molecule has 2 N–H and O–H groups in total. The second-order valence-corrected chi connectivity index (χ2v) is 5.82. The summed E-state index contributed by atoms with van der Waals surface area (Å²) in [5.41, 5.74) is 0. The number of carboxylic acids is 1. The molecule has 2 unspecified atom stereocenters. The minimum atomic E-state index is -0.821. The van der Waals surface area contributed by atoms with Crippen LogP contribution >= 0.6 is 0 Å². The first-order valence-corrected chi connectivity index (χ1v) is 7.74. The highest BCUT2D eigenvalue weighted by molar-refractivity contribution is 5.74. The van der Waals surface area contributed by atoms with Crippen molar-refractivity contribution in [1.29, 1.82) is 0 Å². The number of nitrogens with zero attached hydrogens (tertiary/aromatic N) is 1. The summed E-state index contributed by atoms with van der Waals surface area (Å²) in [6, 6.07) is 0.0926. The van der Waals surface area contributed by atoms with Gasteiger partial charge < -0.3 is 20.1 Å². The van der Waals surface area contributed by atoms with Crippen molar-refractivity contribution >= 4 is 12.0 Å². The molecule has 1 aliphatic carbocycles. The Hall–Kier alpha value is -1.30. The van der Waals surface area contributed by atoms with Crippen LogP contribution in [0.3, 0.4) is 0 Å². The lowest BCUT2D eigenvalue weighted by Crippen LogP contribution is -2.48. The highest BCUT2D eigenvalue weighted by atomic mass is 16.5. The molecular weight excluding hydrogens is 272 g/mol. The number of nitrogens with one attached hydrogen (secondary N) is 1. The Morgan fingerprint density at radius 2 is 2.10 bits per heavy atom. The number of hydrogen-bond acceptors (Lipinski definition) is 3. The van der Waals surface area contributed by atoms with Crippen LogP contribution in [0.5, 0.6) is 0 Å². The lowest BCUT2D eigenvalue weighted by molar-refractivity contribution is -0.138. The first kappa shape index (κ1) is 17.8. The van der Waals surface area contributed by atoms with Crippen molar-refractivity contribution in [2.24, 2.45) is 11.8 Å². The van der Waals surface area contributed by atoms with Gasteiger partial charge in [0.15, 0.2) is 0 Å². The number of carbonyl (C=O) groups excluding carboxylic acids is 1. The van der Waals surface area contributed by atoms with E-state index in [9.17, 15) is 9.59 Å². The molecule has 0 bridgehead atoms. The van der Waals surface area contributed by atoms with Crippen molar-refractivity contribution in [2.75, 3.05) is 26.8 Å². The van der Waals surface area contributed by atoms with E-state index in [4.69, 9.17) is 9.84 Å². The molecule has 0 spiro atoms. The second kappa shape index (κ2) is 8.87. The highest BCUT2D eigenvalue weighted by Gasteiger charge is 2.34. The molecule has 0 aromatic rings. The number of hydrogen-bond donors (Lipinski definition) is 2. The zero-order chi connectivity index (χ0) is 15.8. The van der Waals surface area contributed by atoms with E-state index < -0.39 is 5.97 Å². The summed E-state index contributed by atoms with van der Waals surface area (Å²) in [6.45, 7) is 5.49. The van der Waals surface area contributed by atoms with Gasteiger partial charge in [0.2, 0.25) is 0 Å². The van der Waals surface area contributed by atoms with Crippen molar-refractivity contribution in [1.82, 2.24) is 10.2 Å². The number of ether oxygens (including phenoxy) is 1. The average Bonchev–Trinajstić information content (AvgIpc) is 3.27. The Bertz CT molecular complexity index is 345. The standard InChI is InChI=1S/C15H28N2O4/c1-4-12(9-14(18)19)10-16-15(20)17(7-8-21-3)11(2)13-5-6-13/h11-13H,4-10H2,1-3H3,(H,16,20)(H,18,19). The quantitative estimate of drug-likeness (QED) is 0.646. The Balaban J connectivity index is 2.48. The van der Waals surface area contributed by atoms with Gasteiger partial charge in [0.1, 0.15) is 0 Å². The molecule has 122 valence electrons. The Morgan fingerprint density at radius 3 is 2.57 bits per heavy atom. The van der Waals surface area contributed by atoms with E-state index in [0.717, 1.165) is 6.42 Å². The number of rotatable bonds is 10. The van der Waals surface area contributed by atoms with Gasteiger partial charge in [0.05, 0.1) is 6.61 Å². The maximum Gasteiger partial charge on any atom is 0.317 e. The molecule has 0 aromatic carbocycles. The number of urea groups is 1. The molecule has 6 nitrogen and oxygen atoms in total. The molecule has 6 heteroatoms. The van der Waals surface area contributed by atoms with Crippen LogP contribution in [0.2, 0.25) is 0 Å². The largest absolute Gasteiger partial charge is 0.481 e. The third-order valence-corrected chi connectivity index (χ3v) is 4.18. The van der Waals surface area contributed by atoms with E-state index in [-0.39, 0.29) is 24.4 Å². The lowest BCUT2D eigenvalue weighted by Gasteiger charge is -2.30. The van der Waals surface area contributed by atoms with Gasteiger partial charge in [-0.2, -0.15) is 0 Å². The molecule has 21 heavy (non-hydrogen) atoms. The predicted octanol–water partition coefficient (Wildman–Crippen LogP) is 1.94. The van der Waals surface area contributed by atoms with E-state index in [1.54, 1.807) is 7.11 Å². The van der Waals surface area contributed by atoms with Crippen molar-refractivity contribution in [3.8, 4) is 0 Å². The summed E-state index contributed by atoms with van der Waals surface area (Å²) in [5.74, 6) is -0.251. The fraction of sp³-hybridized carbons (Fsp3) is 0.867. The zero-order valence-corrected chi connectivity index (χ0v) is 13.3. The number of aliphatic carboxylic acids is 1. The van der Waals surface area contributed by atoms with Crippen LogP contribution in [0.4, 0.5) is 4.79 Å². The van der Waals surface area contributed by atoms with Gasteiger partial charge in [-0.1, -0.05) is 13.3 Å². The molecule has 2 amide bonds. The molecule has 1 rings (SSSR count). The Kier molecular flexibility index (Phi) is 7.50. The summed E-state index contributed by atoms with van der Waals surface area (Å²) < 4.78 is 5.07. The fourth-order valence-corrected chi connectivity index (χ4v) is 2.45. The average molecular weight is 300 g/mol. The third kappa shape index (κ3) is 6.33. The Labute approximate surface area is 126 Å². The van der Waals surface area contributed by atoms with E-state index in [0.29, 0.717) is 25.6 Å². The smallest absolute Gasteiger partial charge is 0.317 e. The van der Waals surface area contributed by atoms with Gasteiger partial charge in [-0.05, 0) is 31.6 Å². The number of amides is 2. The van der Waals surface area contributed by atoms with Crippen LogP contribution in [0.1, 0.15) is 39.5 Å². The van der Waals surface area contributed by atoms with Crippen molar-refractivity contribution < 1.29 is 19.4 Å². The van der Waals surface area contributed by atoms with E-state index in [1.807, 2.05) is 11.8 Å². The van der Waals surface area contributed by atoms with Crippen LogP contribution in [0.25, 0.3) is 0 Å². The number of carbonyl (C=O) groups is 2. The normalized spacial score (nSPS) is 17.1. The van der Waals surface area contributed by atoms with Crippen LogP contribution in [0.15, 0.2) is 0 Å².